The first kappa shape index (κ1) is 13.9. The Hall–Kier alpha value is -2.06. The van der Waals surface area contributed by atoms with Crippen molar-refractivity contribution in [3.8, 4) is 0 Å². The van der Waals surface area contributed by atoms with E-state index in [0.29, 0.717) is 5.92 Å². The normalized spacial score (nSPS) is 27.2. The monoisotopic (exact) mass is 279 g/mol. The largest absolute Gasteiger partial charge is 0.492 e. The van der Waals surface area contributed by atoms with Crippen LogP contribution in [0.25, 0.3) is 0 Å². The highest BCUT2D eigenvalue weighted by Gasteiger charge is 2.22. The lowest BCUT2D eigenvalue weighted by molar-refractivity contribution is 0.105. The van der Waals surface area contributed by atoms with E-state index in [0.717, 1.165) is 6.54 Å². The predicted octanol–water partition coefficient (Wildman–Crippen LogP) is 4.03. The van der Waals surface area contributed by atoms with Crippen molar-refractivity contribution in [3.05, 3.63) is 84.1 Å². The smallest absolute Gasteiger partial charge is 0.138 e. The average molecular weight is 279 g/mol. The summed E-state index contributed by atoms with van der Waals surface area (Å²) in [4.78, 5) is 0. The highest BCUT2D eigenvalue weighted by Crippen LogP contribution is 2.25. The van der Waals surface area contributed by atoms with Crippen LogP contribution in [0, 0.1) is 0 Å². The second-order valence-corrected chi connectivity index (χ2v) is 5.51. The third-order valence-electron chi connectivity index (χ3n) is 4.01. The number of ether oxygens (including phenoxy) is 1. The standard InChI is InChI=1S/C19H21NO/c1-15-19(17-10-6-3-7-11-17)21-13-12-18(14-20-15)16-8-4-2-5-9-16/h2-13,15,18-20H,14H2,1H3/b13-12-/t15-,18-,19+/m1/s1. The van der Waals surface area contributed by atoms with E-state index < -0.39 is 0 Å². The van der Waals surface area contributed by atoms with Crippen molar-refractivity contribution in [1.29, 1.82) is 0 Å². The minimum Gasteiger partial charge on any atom is -0.492 e. The topological polar surface area (TPSA) is 21.3 Å². The lowest BCUT2D eigenvalue weighted by Crippen LogP contribution is -2.36. The molecule has 2 nitrogen and oxygen atoms in total. The van der Waals surface area contributed by atoms with Gasteiger partial charge in [0.25, 0.3) is 0 Å². The molecule has 0 spiro atoms. The summed E-state index contributed by atoms with van der Waals surface area (Å²) in [5, 5.41) is 3.61. The van der Waals surface area contributed by atoms with Gasteiger partial charge in [-0.15, -0.1) is 0 Å². The number of nitrogens with one attached hydrogen (secondary N) is 1. The van der Waals surface area contributed by atoms with Crippen LogP contribution in [-0.2, 0) is 4.74 Å². The van der Waals surface area contributed by atoms with Crippen LogP contribution < -0.4 is 5.32 Å². The molecule has 0 radical (unpaired) electrons. The quantitative estimate of drug-likeness (QED) is 0.896. The van der Waals surface area contributed by atoms with Crippen LogP contribution in [0.3, 0.4) is 0 Å². The highest BCUT2D eigenvalue weighted by atomic mass is 16.5. The van der Waals surface area contributed by atoms with Crippen LogP contribution in [0.4, 0.5) is 0 Å². The maximum atomic E-state index is 5.99. The van der Waals surface area contributed by atoms with Crippen molar-refractivity contribution >= 4 is 0 Å². The SMILES string of the molecule is C[C@H]1NC[C@H](c2ccccc2)/C=C\O[C@@H]1c1ccccc1. The summed E-state index contributed by atoms with van der Waals surface area (Å²) in [7, 11) is 0. The van der Waals surface area contributed by atoms with Crippen molar-refractivity contribution in [3.63, 3.8) is 0 Å². The third-order valence-corrected chi connectivity index (χ3v) is 4.01. The second kappa shape index (κ2) is 6.59. The molecular weight excluding hydrogens is 258 g/mol. The molecular formula is C19H21NO. The van der Waals surface area contributed by atoms with Gasteiger partial charge < -0.3 is 10.1 Å². The van der Waals surface area contributed by atoms with Crippen molar-refractivity contribution in [2.75, 3.05) is 6.54 Å². The van der Waals surface area contributed by atoms with Crippen molar-refractivity contribution < 1.29 is 4.74 Å². The lowest BCUT2D eigenvalue weighted by atomic mass is 9.96. The Bertz CT molecular complexity index is 579. The number of hydrogen-bond acceptors (Lipinski definition) is 2. The summed E-state index contributed by atoms with van der Waals surface area (Å²) >= 11 is 0. The van der Waals surface area contributed by atoms with Crippen molar-refractivity contribution in [1.82, 2.24) is 5.32 Å². The number of rotatable bonds is 2. The van der Waals surface area contributed by atoms with E-state index in [9.17, 15) is 0 Å². The molecule has 1 aliphatic rings. The molecule has 2 heteroatoms. The fraction of sp³-hybridized carbons (Fsp3) is 0.263. The summed E-state index contributed by atoms with van der Waals surface area (Å²) in [6, 6.07) is 21.2. The first-order valence-corrected chi connectivity index (χ1v) is 7.50. The lowest BCUT2D eigenvalue weighted by Gasteiger charge is -2.29. The predicted molar refractivity (Wildman–Crippen MR) is 86.1 cm³/mol. The summed E-state index contributed by atoms with van der Waals surface area (Å²) in [5.74, 6) is 0.352. The molecule has 0 saturated heterocycles. The van der Waals surface area contributed by atoms with Gasteiger partial charge in [0.15, 0.2) is 0 Å². The van der Waals surface area contributed by atoms with Gasteiger partial charge in [0, 0.05) is 18.5 Å². The van der Waals surface area contributed by atoms with Gasteiger partial charge in [0.1, 0.15) is 6.10 Å². The number of benzene rings is 2. The van der Waals surface area contributed by atoms with Gasteiger partial charge in [0.05, 0.1) is 6.26 Å². The number of hydrogen-bond donors (Lipinski definition) is 1. The summed E-state index contributed by atoms with van der Waals surface area (Å²) in [5.41, 5.74) is 2.52. The zero-order valence-corrected chi connectivity index (χ0v) is 12.3. The Morgan fingerprint density at radius 1 is 0.905 bits per heavy atom. The Kier molecular flexibility index (Phi) is 4.37. The average Bonchev–Trinajstić information content (AvgIpc) is 2.53. The summed E-state index contributed by atoms with van der Waals surface area (Å²) in [6.45, 7) is 3.10. The Labute approximate surface area is 126 Å². The van der Waals surface area contributed by atoms with Gasteiger partial charge in [0.2, 0.25) is 0 Å². The molecule has 0 unspecified atom stereocenters. The minimum atomic E-state index is 0.0548. The molecule has 3 rings (SSSR count). The molecule has 0 saturated carbocycles. The molecule has 2 aromatic rings. The van der Waals surface area contributed by atoms with Crippen LogP contribution in [0.1, 0.15) is 30.1 Å². The summed E-state index contributed by atoms with van der Waals surface area (Å²) < 4.78 is 5.99. The van der Waals surface area contributed by atoms with E-state index in [1.54, 1.807) is 0 Å². The van der Waals surface area contributed by atoms with Crippen molar-refractivity contribution in [2.45, 2.75) is 25.0 Å². The highest BCUT2D eigenvalue weighted by molar-refractivity contribution is 5.25. The van der Waals surface area contributed by atoms with Crippen LogP contribution in [0.2, 0.25) is 0 Å². The molecule has 0 fully saturated rings. The molecule has 3 atom stereocenters. The maximum absolute atomic E-state index is 5.99. The molecule has 1 aliphatic heterocycles. The molecule has 1 heterocycles. The molecule has 1 N–H and O–H groups in total. The molecule has 108 valence electrons. The van der Waals surface area contributed by atoms with E-state index >= 15 is 0 Å². The zero-order valence-electron chi connectivity index (χ0n) is 12.3. The summed E-state index contributed by atoms with van der Waals surface area (Å²) in [6.07, 6.45) is 4.07. The van der Waals surface area contributed by atoms with Gasteiger partial charge in [-0.2, -0.15) is 0 Å². The fourth-order valence-corrected chi connectivity index (χ4v) is 2.77. The van der Waals surface area contributed by atoms with Gasteiger partial charge in [-0.05, 0) is 24.1 Å². The second-order valence-electron chi connectivity index (χ2n) is 5.51. The Morgan fingerprint density at radius 3 is 2.19 bits per heavy atom. The van der Waals surface area contributed by atoms with Crippen LogP contribution in [0.5, 0.6) is 0 Å². The van der Waals surface area contributed by atoms with Gasteiger partial charge in [-0.1, -0.05) is 60.7 Å². The first-order chi connectivity index (χ1) is 10.3. The van der Waals surface area contributed by atoms with Crippen LogP contribution >= 0.6 is 0 Å². The van der Waals surface area contributed by atoms with E-state index in [2.05, 4.69) is 66.8 Å². The maximum Gasteiger partial charge on any atom is 0.138 e. The molecule has 2 aromatic carbocycles. The van der Waals surface area contributed by atoms with E-state index in [4.69, 9.17) is 4.74 Å². The fourth-order valence-electron chi connectivity index (χ4n) is 2.77. The van der Waals surface area contributed by atoms with E-state index in [1.165, 1.54) is 11.1 Å². The van der Waals surface area contributed by atoms with Crippen molar-refractivity contribution in [2.24, 2.45) is 0 Å². The van der Waals surface area contributed by atoms with Gasteiger partial charge >= 0.3 is 0 Å². The van der Waals surface area contributed by atoms with Gasteiger partial charge in [-0.25, -0.2) is 0 Å². The zero-order chi connectivity index (χ0) is 14.5. The molecule has 0 aliphatic carbocycles. The minimum absolute atomic E-state index is 0.0548. The van der Waals surface area contributed by atoms with E-state index in [1.807, 2.05) is 18.4 Å². The molecule has 0 amide bonds. The van der Waals surface area contributed by atoms with E-state index in [-0.39, 0.29) is 12.1 Å². The first-order valence-electron chi connectivity index (χ1n) is 7.50. The van der Waals surface area contributed by atoms with Crippen LogP contribution in [0.15, 0.2) is 73.0 Å². The van der Waals surface area contributed by atoms with Gasteiger partial charge in [-0.3, -0.25) is 0 Å². The molecule has 0 bridgehead atoms. The Morgan fingerprint density at radius 2 is 1.52 bits per heavy atom. The molecule has 21 heavy (non-hydrogen) atoms. The third kappa shape index (κ3) is 3.34. The van der Waals surface area contributed by atoms with Crippen LogP contribution in [-0.4, -0.2) is 12.6 Å². The molecule has 0 aromatic heterocycles. The Balaban J connectivity index is 1.77.